The Morgan fingerprint density at radius 2 is 2.29 bits per heavy atom. The first-order chi connectivity index (χ1) is 8.24. The van der Waals surface area contributed by atoms with Crippen molar-refractivity contribution >= 4 is 22.9 Å². The van der Waals surface area contributed by atoms with E-state index in [-0.39, 0.29) is 0 Å². The van der Waals surface area contributed by atoms with Crippen LogP contribution >= 0.6 is 22.9 Å². The highest BCUT2D eigenvalue weighted by Crippen LogP contribution is 2.32. The van der Waals surface area contributed by atoms with E-state index >= 15 is 0 Å². The number of aromatic nitrogens is 1. The maximum atomic E-state index is 6.09. The molecule has 17 heavy (non-hydrogen) atoms. The predicted molar refractivity (Wildman–Crippen MR) is 71.9 cm³/mol. The van der Waals surface area contributed by atoms with Gasteiger partial charge in [-0.2, -0.15) is 0 Å². The van der Waals surface area contributed by atoms with Crippen LogP contribution in [0.1, 0.15) is 5.01 Å². The Balaban J connectivity index is 2.29. The summed E-state index contributed by atoms with van der Waals surface area (Å²) < 4.78 is 5.12. The van der Waals surface area contributed by atoms with Crippen LogP contribution < -0.4 is 10.5 Å². The molecule has 0 aliphatic carbocycles. The van der Waals surface area contributed by atoms with Crippen molar-refractivity contribution in [2.45, 2.75) is 6.42 Å². The Kier molecular flexibility index (Phi) is 3.99. The molecule has 90 valence electrons. The maximum absolute atomic E-state index is 6.09. The number of halogens is 1. The van der Waals surface area contributed by atoms with Gasteiger partial charge in [-0.3, -0.25) is 0 Å². The second-order valence-corrected chi connectivity index (χ2v) is 5.03. The highest BCUT2D eigenvalue weighted by atomic mass is 35.5. The Morgan fingerprint density at radius 3 is 2.94 bits per heavy atom. The lowest BCUT2D eigenvalue weighted by atomic mass is 10.2. The van der Waals surface area contributed by atoms with Crippen molar-refractivity contribution in [3.63, 3.8) is 0 Å². The zero-order chi connectivity index (χ0) is 12.3. The van der Waals surface area contributed by atoms with Crippen LogP contribution in [0.5, 0.6) is 5.75 Å². The van der Waals surface area contributed by atoms with Crippen molar-refractivity contribution in [1.29, 1.82) is 0 Å². The summed E-state index contributed by atoms with van der Waals surface area (Å²) in [5, 5.41) is 1.66. The Bertz CT molecular complexity index is 513. The number of hydrogen-bond acceptors (Lipinski definition) is 4. The molecule has 3 nitrogen and oxygen atoms in total. The largest absolute Gasteiger partial charge is 0.495 e. The number of ether oxygens (including phenoxy) is 1. The van der Waals surface area contributed by atoms with Crippen molar-refractivity contribution in [1.82, 2.24) is 4.98 Å². The Hall–Kier alpha value is -1.10. The molecule has 5 heteroatoms. The zero-order valence-corrected chi connectivity index (χ0v) is 11.0. The molecule has 2 N–H and O–H groups in total. The molecule has 2 aromatic rings. The van der Waals surface area contributed by atoms with Gasteiger partial charge in [0.15, 0.2) is 0 Å². The topological polar surface area (TPSA) is 48.1 Å². The van der Waals surface area contributed by atoms with E-state index in [1.165, 1.54) is 0 Å². The molecule has 1 heterocycles. The molecule has 2 rings (SSSR count). The highest BCUT2D eigenvalue weighted by Gasteiger charge is 2.07. The van der Waals surface area contributed by atoms with E-state index in [1.54, 1.807) is 18.4 Å². The lowest BCUT2D eigenvalue weighted by Crippen LogP contribution is -2.01. The lowest BCUT2D eigenvalue weighted by molar-refractivity contribution is 0.415. The number of nitrogens with zero attached hydrogens (tertiary/aromatic N) is 1. The number of hydrogen-bond donors (Lipinski definition) is 1. The van der Waals surface area contributed by atoms with Gasteiger partial charge in [0.05, 0.1) is 22.0 Å². The molecule has 0 unspecified atom stereocenters. The summed E-state index contributed by atoms with van der Waals surface area (Å²) >= 11 is 7.73. The summed E-state index contributed by atoms with van der Waals surface area (Å²) in [7, 11) is 1.60. The minimum absolute atomic E-state index is 0.610. The van der Waals surface area contributed by atoms with E-state index in [2.05, 4.69) is 4.98 Å². The third kappa shape index (κ3) is 2.77. The number of nitrogens with two attached hydrogens (primary N) is 1. The average molecular weight is 269 g/mol. The fraction of sp³-hybridized carbons (Fsp3) is 0.250. The van der Waals surface area contributed by atoms with Crippen LogP contribution in [-0.2, 0) is 6.42 Å². The van der Waals surface area contributed by atoms with Crippen LogP contribution in [0, 0.1) is 0 Å². The third-order valence-corrected chi connectivity index (χ3v) is 3.75. The standard InChI is InChI=1S/C12H13ClN2OS/c1-16-10-3-2-8(6-9(10)13)11-7-15-12(17-11)4-5-14/h2-3,6-7H,4-5,14H2,1H3. The van der Waals surface area contributed by atoms with Crippen LogP contribution in [-0.4, -0.2) is 18.6 Å². The molecule has 0 atom stereocenters. The molecule has 1 aromatic carbocycles. The molecule has 0 spiro atoms. The van der Waals surface area contributed by atoms with Gasteiger partial charge in [0.1, 0.15) is 5.75 Å². The number of rotatable bonds is 4. The fourth-order valence-corrected chi connectivity index (χ4v) is 2.69. The van der Waals surface area contributed by atoms with E-state index in [9.17, 15) is 0 Å². The first-order valence-electron chi connectivity index (χ1n) is 5.23. The van der Waals surface area contributed by atoms with E-state index in [1.807, 2.05) is 24.4 Å². The summed E-state index contributed by atoms with van der Waals surface area (Å²) in [6.07, 6.45) is 2.67. The molecule has 1 aromatic heterocycles. The van der Waals surface area contributed by atoms with Crippen LogP contribution in [0.25, 0.3) is 10.4 Å². The number of benzene rings is 1. The number of thiazole rings is 1. The smallest absolute Gasteiger partial charge is 0.137 e. The maximum Gasteiger partial charge on any atom is 0.137 e. The zero-order valence-electron chi connectivity index (χ0n) is 9.44. The highest BCUT2D eigenvalue weighted by molar-refractivity contribution is 7.15. The van der Waals surface area contributed by atoms with Gasteiger partial charge >= 0.3 is 0 Å². The molecule has 0 aliphatic heterocycles. The second-order valence-electron chi connectivity index (χ2n) is 3.51. The van der Waals surface area contributed by atoms with E-state index in [4.69, 9.17) is 22.1 Å². The van der Waals surface area contributed by atoms with Gasteiger partial charge in [-0.05, 0) is 30.3 Å². The van der Waals surface area contributed by atoms with Gasteiger partial charge < -0.3 is 10.5 Å². The van der Waals surface area contributed by atoms with Gasteiger partial charge in [0, 0.05) is 12.6 Å². The lowest BCUT2D eigenvalue weighted by Gasteiger charge is -2.04. The molecule has 0 amide bonds. The van der Waals surface area contributed by atoms with Crippen LogP contribution in [0.15, 0.2) is 24.4 Å². The monoisotopic (exact) mass is 268 g/mol. The van der Waals surface area contributed by atoms with Crippen LogP contribution in [0.3, 0.4) is 0 Å². The van der Waals surface area contributed by atoms with Crippen molar-refractivity contribution in [2.75, 3.05) is 13.7 Å². The van der Waals surface area contributed by atoms with Crippen LogP contribution in [0.4, 0.5) is 0 Å². The normalized spacial score (nSPS) is 10.5. The molecule has 0 bridgehead atoms. The summed E-state index contributed by atoms with van der Waals surface area (Å²) in [5.74, 6) is 0.683. The Morgan fingerprint density at radius 1 is 1.47 bits per heavy atom. The number of methoxy groups -OCH3 is 1. The minimum Gasteiger partial charge on any atom is -0.495 e. The minimum atomic E-state index is 0.610. The van der Waals surface area contributed by atoms with Gasteiger partial charge in [0.25, 0.3) is 0 Å². The van der Waals surface area contributed by atoms with Crippen LogP contribution in [0.2, 0.25) is 5.02 Å². The first-order valence-corrected chi connectivity index (χ1v) is 6.42. The predicted octanol–water partition coefficient (Wildman–Crippen LogP) is 2.97. The van der Waals surface area contributed by atoms with Gasteiger partial charge in [-0.25, -0.2) is 4.98 Å². The second kappa shape index (κ2) is 5.49. The Labute approximate surface area is 109 Å². The molecular weight excluding hydrogens is 256 g/mol. The van der Waals surface area contributed by atoms with E-state index in [0.29, 0.717) is 17.3 Å². The van der Waals surface area contributed by atoms with Gasteiger partial charge in [-0.15, -0.1) is 11.3 Å². The molecule has 0 saturated heterocycles. The third-order valence-electron chi connectivity index (χ3n) is 2.35. The fourth-order valence-electron chi connectivity index (χ4n) is 1.50. The summed E-state index contributed by atoms with van der Waals surface area (Å²) in [5.41, 5.74) is 6.55. The van der Waals surface area contributed by atoms with E-state index < -0.39 is 0 Å². The van der Waals surface area contributed by atoms with Gasteiger partial charge in [0.2, 0.25) is 0 Å². The molecular formula is C12H13ClN2OS. The van der Waals surface area contributed by atoms with E-state index in [0.717, 1.165) is 21.9 Å². The molecule has 0 saturated carbocycles. The molecule has 0 aliphatic rings. The molecule has 0 fully saturated rings. The van der Waals surface area contributed by atoms with Crippen molar-refractivity contribution in [3.05, 3.63) is 34.4 Å². The quantitative estimate of drug-likeness (QED) is 0.927. The van der Waals surface area contributed by atoms with Gasteiger partial charge in [-0.1, -0.05) is 11.6 Å². The summed E-state index contributed by atoms with van der Waals surface area (Å²) in [4.78, 5) is 5.41. The average Bonchev–Trinajstić information content (AvgIpc) is 2.78. The SMILES string of the molecule is COc1ccc(-c2cnc(CCN)s2)cc1Cl. The summed E-state index contributed by atoms with van der Waals surface area (Å²) in [6, 6.07) is 5.73. The first kappa shape index (κ1) is 12.4. The summed E-state index contributed by atoms with van der Waals surface area (Å²) in [6.45, 7) is 0.621. The van der Waals surface area contributed by atoms with Crippen molar-refractivity contribution in [3.8, 4) is 16.2 Å². The molecule has 0 radical (unpaired) electrons. The van der Waals surface area contributed by atoms with Crippen molar-refractivity contribution < 1.29 is 4.74 Å². The van der Waals surface area contributed by atoms with Crippen molar-refractivity contribution in [2.24, 2.45) is 5.73 Å².